The average Bonchev–Trinajstić information content (AvgIpc) is 2.31. The van der Waals surface area contributed by atoms with E-state index >= 15 is 0 Å². The summed E-state index contributed by atoms with van der Waals surface area (Å²) in [5, 5.41) is 0. The van der Waals surface area contributed by atoms with Gasteiger partial charge in [-0.1, -0.05) is 0 Å². The van der Waals surface area contributed by atoms with Gasteiger partial charge in [-0.15, -0.1) is 0 Å². The Balaban J connectivity index is 3.56. The summed E-state index contributed by atoms with van der Waals surface area (Å²) in [4.78, 5) is 10.6. The molecule has 3 atom stereocenters. The average molecular weight is 262 g/mol. The number of rotatable bonds is 10. The van der Waals surface area contributed by atoms with E-state index in [1.54, 1.807) is 0 Å². The summed E-state index contributed by atoms with van der Waals surface area (Å²) >= 11 is 0. The fourth-order valence-corrected chi connectivity index (χ4v) is 1.26. The van der Waals surface area contributed by atoms with Gasteiger partial charge in [-0.2, -0.15) is 0 Å². The van der Waals surface area contributed by atoms with Crippen LogP contribution in [0.5, 0.6) is 0 Å². The Bertz CT molecular complexity index is 219. The molecule has 0 rings (SSSR count). The maximum absolute atomic E-state index is 10.6. The summed E-state index contributed by atoms with van der Waals surface area (Å²) < 4.78 is 21.3. The smallest absolute Gasteiger partial charge is 0.302 e. The molecule has 0 heterocycles. The van der Waals surface area contributed by atoms with Gasteiger partial charge in [0.1, 0.15) is 6.61 Å². The molecule has 0 aromatic heterocycles. The molecule has 5 heteroatoms. The minimum Gasteiger partial charge on any atom is -0.463 e. The van der Waals surface area contributed by atoms with Crippen LogP contribution < -0.4 is 0 Å². The molecule has 0 radical (unpaired) electrons. The van der Waals surface area contributed by atoms with Crippen LogP contribution in [0.2, 0.25) is 0 Å². The largest absolute Gasteiger partial charge is 0.463 e. The fourth-order valence-electron chi connectivity index (χ4n) is 1.26. The predicted molar refractivity (Wildman–Crippen MR) is 68.5 cm³/mol. The number of esters is 1. The SMILES string of the molecule is CCOC(C)COC(C)COC(C)COC(C)=O. The summed E-state index contributed by atoms with van der Waals surface area (Å²) in [6.45, 7) is 11.1. The Morgan fingerprint density at radius 1 is 0.889 bits per heavy atom. The van der Waals surface area contributed by atoms with E-state index < -0.39 is 0 Å². The zero-order chi connectivity index (χ0) is 14.0. The Morgan fingerprint density at radius 2 is 1.33 bits per heavy atom. The minimum absolute atomic E-state index is 0.00677. The van der Waals surface area contributed by atoms with E-state index in [0.29, 0.717) is 19.8 Å². The van der Waals surface area contributed by atoms with Gasteiger partial charge in [0.15, 0.2) is 0 Å². The second-order valence-electron chi connectivity index (χ2n) is 4.36. The number of carbonyl (C=O) groups excluding carboxylic acids is 1. The molecule has 0 aliphatic heterocycles. The van der Waals surface area contributed by atoms with Crippen LogP contribution in [-0.4, -0.2) is 50.7 Å². The highest BCUT2D eigenvalue weighted by molar-refractivity contribution is 5.65. The standard InChI is InChI=1S/C13H26O5/c1-6-15-10(2)7-16-11(3)8-17-12(4)9-18-13(5)14/h10-12H,6-9H2,1-5H3. The molecule has 0 spiro atoms. The van der Waals surface area contributed by atoms with Crippen molar-refractivity contribution >= 4 is 5.97 Å². The van der Waals surface area contributed by atoms with Crippen molar-refractivity contribution in [3.8, 4) is 0 Å². The van der Waals surface area contributed by atoms with Gasteiger partial charge in [-0.05, 0) is 27.7 Å². The van der Waals surface area contributed by atoms with Crippen LogP contribution in [0.25, 0.3) is 0 Å². The normalized spacial score (nSPS) is 16.1. The summed E-state index contributed by atoms with van der Waals surface area (Å²) in [7, 11) is 0. The van der Waals surface area contributed by atoms with Crippen LogP contribution in [-0.2, 0) is 23.7 Å². The first kappa shape index (κ1) is 17.4. The lowest BCUT2D eigenvalue weighted by Crippen LogP contribution is -2.27. The Morgan fingerprint density at radius 3 is 1.78 bits per heavy atom. The van der Waals surface area contributed by atoms with Gasteiger partial charge in [-0.25, -0.2) is 0 Å². The highest BCUT2D eigenvalue weighted by Gasteiger charge is 2.10. The molecule has 0 aliphatic rings. The molecule has 0 N–H and O–H groups in total. The van der Waals surface area contributed by atoms with Crippen molar-refractivity contribution in [2.24, 2.45) is 0 Å². The molecule has 0 amide bonds. The molecule has 3 unspecified atom stereocenters. The van der Waals surface area contributed by atoms with Crippen LogP contribution in [0.3, 0.4) is 0 Å². The van der Waals surface area contributed by atoms with Crippen LogP contribution >= 0.6 is 0 Å². The molecule has 0 aliphatic carbocycles. The van der Waals surface area contributed by atoms with E-state index in [9.17, 15) is 4.79 Å². The topological polar surface area (TPSA) is 54.0 Å². The summed E-state index contributed by atoms with van der Waals surface area (Å²) in [5.41, 5.74) is 0. The summed E-state index contributed by atoms with van der Waals surface area (Å²) in [6.07, 6.45) is -0.0344. The van der Waals surface area contributed by atoms with Crippen LogP contribution in [0.4, 0.5) is 0 Å². The van der Waals surface area contributed by atoms with Crippen molar-refractivity contribution < 1.29 is 23.7 Å². The van der Waals surface area contributed by atoms with E-state index in [4.69, 9.17) is 18.9 Å². The third-order valence-corrected chi connectivity index (χ3v) is 2.20. The second-order valence-corrected chi connectivity index (χ2v) is 4.36. The highest BCUT2D eigenvalue weighted by atomic mass is 16.6. The van der Waals surface area contributed by atoms with Crippen molar-refractivity contribution in [1.82, 2.24) is 0 Å². The van der Waals surface area contributed by atoms with E-state index in [2.05, 4.69) is 0 Å². The minimum atomic E-state index is -0.291. The predicted octanol–water partition coefficient (Wildman–Crippen LogP) is 1.78. The second kappa shape index (κ2) is 10.3. The lowest BCUT2D eigenvalue weighted by Gasteiger charge is -2.19. The number of ether oxygens (including phenoxy) is 4. The van der Waals surface area contributed by atoms with Crippen molar-refractivity contribution in [3.05, 3.63) is 0 Å². The Labute approximate surface area is 110 Å². The number of hydrogen-bond donors (Lipinski definition) is 0. The molecule has 18 heavy (non-hydrogen) atoms. The van der Waals surface area contributed by atoms with E-state index in [0.717, 1.165) is 0 Å². The third-order valence-electron chi connectivity index (χ3n) is 2.20. The lowest BCUT2D eigenvalue weighted by atomic mass is 10.4. The van der Waals surface area contributed by atoms with E-state index in [-0.39, 0.29) is 30.9 Å². The fraction of sp³-hybridized carbons (Fsp3) is 0.923. The Hall–Kier alpha value is -0.650. The first-order valence-corrected chi connectivity index (χ1v) is 6.43. The zero-order valence-electron chi connectivity index (χ0n) is 12.1. The van der Waals surface area contributed by atoms with Crippen molar-refractivity contribution in [3.63, 3.8) is 0 Å². The molecule has 0 fully saturated rings. The Kier molecular flexibility index (Phi) is 9.92. The van der Waals surface area contributed by atoms with Crippen molar-refractivity contribution in [2.45, 2.75) is 52.9 Å². The van der Waals surface area contributed by atoms with Gasteiger partial charge in [0.2, 0.25) is 0 Å². The van der Waals surface area contributed by atoms with E-state index in [1.807, 2.05) is 27.7 Å². The zero-order valence-corrected chi connectivity index (χ0v) is 12.1. The monoisotopic (exact) mass is 262 g/mol. The molecule has 0 aromatic rings. The summed E-state index contributed by atoms with van der Waals surface area (Å²) in [6, 6.07) is 0. The summed E-state index contributed by atoms with van der Waals surface area (Å²) in [5.74, 6) is -0.291. The van der Waals surface area contributed by atoms with Crippen molar-refractivity contribution in [1.29, 1.82) is 0 Å². The van der Waals surface area contributed by atoms with Gasteiger partial charge in [0, 0.05) is 13.5 Å². The van der Waals surface area contributed by atoms with E-state index in [1.165, 1.54) is 6.92 Å². The number of hydrogen-bond acceptors (Lipinski definition) is 5. The van der Waals surface area contributed by atoms with Crippen molar-refractivity contribution in [2.75, 3.05) is 26.4 Å². The molecular weight excluding hydrogens is 236 g/mol. The molecule has 108 valence electrons. The maximum atomic E-state index is 10.6. The van der Waals surface area contributed by atoms with Crippen LogP contribution in [0.15, 0.2) is 0 Å². The van der Waals surface area contributed by atoms with Gasteiger partial charge in [-0.3, -0.25) is 4.79 Å². The van der Waals surface area contributed by atoms with Gasteiger partial charge in [0.25, 0.3) is 0 Å². The maximum Gasteiger partial charge on any atom is 0.302 e. The molecule has 5 nitrogen and oxygen atoms in total. The molecule has 0 saturated heterocycles. The third kappa shape index (κ3) is 10.5. The van der Waals surface area contributed by atoms with Gasteiger partial charge < -0.3 is 18.9 Å². The first-order chi connectivity index (χ1) is 8.45. The van der Waals surface area contributed by atoms with Gasteiger partial charge >= 0.3 is 5.97 Å². The molecule has 0 bridgehead atoms. The van der Waals surface area contributed by atoms with Crippen LogP contribution in [0.1, 0.15) is 34.6 Å². The lowest BCUT2D eigenvalue weighted by molar-refractivity contribution is -0.146. The quantitative estimate of drug-likeness (QED) is 0.562. The molecule has 0 aromatic carbocycles. The number of carbonyl (C=O) groups is 1. The first-order valence-electron chi connectivity index (χ1n) is 6.43. The van der Waals surface area contributed by atoms with Gasteiger partial charge in [0.05, 0.1) is 31.5 Å². The highest BCUT2D eigenvalue weighted by Crippen LogP contribution is 2.00. The molecule has 0 saturated carbocycles. The molecular formula is C13H26O5. The van der Waals surface area contributed by atoms with Crippen LogP contribution in [0, 0.1) is 0 Å².